The fourth-order valence-corrected chi connectivity index (χ4v) is 9.10. The van der Waals surface area contributed by atoms with Crippen molar-refractivity contribution in [3.63, 3.8) is 0 Å². The molecule has 0 bridgehead atoms. The van der Waals surface area contributed by atoms with Crippen LogP contribution in [-0.2, 0) is 21.6 Å². The molecular formula is C59H106N2O4S. The summed E-state index contributed by atoms with van der Waals surface area (Å²) >= 11 is 0. The van der Waals surface area contributed by atoms with Crippen molar-refractivity contribution in [1.82, 2.24) is 0 Å². The molecule has 0 fully saturated rings. The van der Waals surface area contributed by atoms with Crippen LogP contribution in [0, 0.1) is 0 Å². The number of nitrogens with zero attached hydrogens (tertiary/aromatic N) is 2. The molecule has 2 aromatic rings. The first-order chi connectivity index (χ1) is 32.3. The van der Waals surface area contributed by atoms with E-state index in [-0.39, 0.29) is 0 Å². The molecule has 6 nitrogen and oxygen atoms in total. The minimum Gasteiger partial charge on any atom is -0.726 e. The van der Waals surface area contributed by atoms with Gasteiger partial charge < -0.3 is 9.45 Å². The molecule has 66 heavy (non-hydrogen) atoms. The van der Waals surface area contributed by atoms with E-state index in [1.54, 1.807) is 0 Å². The zero-order chi connectivity index (χ0) is 47.9. The Morgan fingerprint density at radius 3 is 0.894 bits per heavy atom. The second kappa shape index (κ2) is 46.5. The van der Waals surface area contributed by atoms with Gasteiger partial charge in [0.15, 0.2) is 12.4 Å². The predicted molar refractivity (Wildman–Crippen MR) is 288 cm³/mol. The molecule has 1 aromatic carbocycles. The van der Waals surface area contributed by atoms with E-state index in [9.17, 15) is 13.0 Å². The number of hydrogen-bond acceptors (Lipinski definition) is 5. The maximum atomic E-state index is 9.22. The summed E-state index contributed by atoms with van der Waals surface area (Å²) < 4.78 is 33.1. The maximum absolute atomic E-state index is 9.22. The van der Waals surface area contributed by atoms with Crippen LogP contribution in [0.2, 0.25) is 0 Å². The van der Waals surface area contributed by atoms with Crippen molar-refractivity contribution in [3.05, 3.63) is 59.9 Å². The van der Waals surface area contributed by atoms with E-state index in [0.717, 1.165) is 7.11 Å². The molecule has 0 N–H and O–H groups in total. The lowest BCUT2D eigenvalue weighted by atomic mass is 10.0. The van der Waals surface area contributed by atoms with E-state index >= 15 is 0 Å². The predicted octanol–water partition coefficient (Wildman–Crippen LogP) is 18.2. The van der Waals surface area contributed by atoms with E-state index in [1.165, 1.54) is 287 Å². The zero-order valence-corrected chi connectivity index (χ0v) is 44.7. The van der Waals surface area contributed by atoms with Crippen LogP contribution >= 0.6 is 0 Å². The van der Waals surface area contributed by atoms with Crippen molar-refractivity contribution in [1.29, 1.82) is 0 Å². The van der Waals surface area contributed by atoms with Gasteiger partial charge in [-0.05, 0) is 36.1 Å². The van der Waals surface area contributed by atoms with Gasteiger partial charge in [-0.3, -0.25) is 4.18 Å². The Kier molecular flexibility index (Phi) is 43.5. The van der Waals surface area contributed by atoms with Crippen molar-refractivity contribution >= 4 is 28.2 Å². The summed E-state index contributed by atoms with van der Waals surface area (Å²) in [6, 6.07) is 13.7. The van der Waals surface area contributed by atoms with Gasteiger partial charge in [0.2, 0.25) is 10.4 Å². The summed E-state index contributed by atoms with van der Waals surface area (Å²) in [6.07, 6.45) is 66.4. The molecule has 0 aliphatic carbocycles. The van der Waals surface area contributed by atoms with Gasteiger partial charge in [0.1, 0.15) is 7.05 Å². The number of benzene rings is 1. The first-order valence-electron chi connectivity index (χ1n) is 28.3. The molecule has 2 rings (SSSR count). The summed E-state index contributed by atoms with van der Waals surface area (Å²) in [7, 11) is -1.53. The smallest absolute Gasteiger partial charge is 0.217 e. The van der Waals surface area contributed by atoms with Crippen molar-refractivity contribution in [2.24, 2.45) is 7.05 Å². The fraction of sp³-hybridized carbons (Fsp3) is 0.780. The highest BCUT2D eigenvalue weighted by Gasteiger charge is 2.07. The van der Waals surface area contributed by atoms with Crippen molar-refractivity contribution in [2.75, 3.05) is 25.1 Å². The van der Waals surface area contributed by atoms with Crippen LogP contribution in [0.25, 0.3) is 12.2 Å². The van der Waals surface area contributed by atoms with E-state index in [0.29, 0.717) is 0 Å². The lowest BCUT2D eigenvalue weighted by molar-refractivity contribution is -0.671. The molecule has 0 amide bonds. The highest BCUT2D eigenvalue weighted by atomic mass is 32.3. The Hall–Kier alpha value is -2.22. The van der Waals surface area contributed by atoms with E-state index in [2.05, 4.69) is 95.5 Å². The first-order valence-corrected chi connectivity index (χ1v) is 29.6. The quantitative estimate of drug-likeness (QED) is 0.0286. The second-order valence-corrected chi connectivity index (χ2v) is 20.9. The minimum atomic E-state index is -4.41. The Morgan fingerprint density at radius 1 is 0.424 bits per heavy atom. The topological polar surface area (TPSA) is 73.5 Å². The van der Waals surface area contributed by atoms with Gasteiger partial charge in [0, 0.05) is 30.9 Å². The van der Waals surface area contributed by atoms with E-state index < -0.39 is 10.4 Å². The third-order valence-electron chi connectivity index (χ3n) is 13.5. The average molecular weight is 940 g/mol. The van der Waals surface area contributed by atoms with Crippen molar-refractivity contribution in [3.8, 4) is 0 Å². The Labute approximate surface area is 410 Å². The molecule has 7 heteroatoms. The number of rotatable bonds is 46. The van der Waals surface area contributed by atoms with Crippen LogP contribution in [0.1, 0.15) is 282 Å². The highest BCUT2D eigenvalue weighted by molar-refractivity contribution is 7.80. The standard InChI is InChI=1S/C58H103N2.CH4O4S/c1-4-6-8-10-12-14-16-18-20-22-24-26-28-30-32-34-36-38-40-42-52-60(58-48-46-56(47-49-58)44-45-57-50-54-59(3)55-51-57)53-43-41-39-37-35-33-31-29-27-25-23-21-19-17-15-13-11-9-7-5-2;1-5-6(2,3)4/h44-51,54-55H,4-43,52-53H2,1-3H3;1H3,(H,2,3,4)/q+1;/p-1. The zero-order valence-electron chi connectivity index (χ0n) is 43.9. The number of unbranched alkanes of at least 4 members (excludes halogenated alkanes) is 38. The molecule has 382 valence electrons. The Bertz CT molecular complexity index is 1380. The van der Waals surface area contributed by atoms with Gasteiger partial charge in [-0.25, -0.2) is 13.0 Å². The van der Waals surface area contributed by atoms with E-state index in [4.69, 9.17) is 0 Å². The number of aromatic nitrogens is 1. The summed E-state index contributed by atoms with van der Waals surface area (Å²) in [5.74, 6) is 0. The fourth-order valence-electron chi connectivity index (χ4n) is 9.10. The second-order valence-electron chi connectivity index (χ2n) is 19.7. The SMILES string of the molecule is CCCCCCCCCCCCCCCCCCCCCCN(CCCCCCCCCCCCCCCCCCCCCC)c1ccc(C=Cc2cc[n+](C)cc2)cc1.COS(=O)(=O)[O-]. The lowest BCUT2D eigenvalue weighted by Crippen LogP contribution is -2.25. The van der Waals surface area contributed by atoms with Gasteiger partial charge in [-0.1, -0.05) is 282 Å². The summed E-state index contributed by atoms with van der Waals surface area (Å²) in [4.78, 5) is 2.70. The van der Waals surface area contributed by atoms with Gasteiger partial charge in [0.25, 0.3) is 0 Å². The van der Waals surface area contributed by atoms with Crippen LogP contribution in [0.15, 0.2) is 48.8 Å². The normalized spacial score (nSPS) is 11.7. The summed E-state index contributed by atoms with van der Waals surface area (Å²) in [6.45, 7) is 7.03. The van der Waals surface area contributed by atoms with E-state index in [1.807, 2.05) is 0 Å². The van der Waals surface area contributed by atoms with Crippen molar-refractivity contribution in [2.45, 2.75) is 271 Å². The number of pyridine rings is 1. The first kappa shape index (κ1) is 61.8. The Balaban J connectivity index is 0.00000338. The van der Waals surface area contributed by atoms with Gasteiger partial charge in [-0.2, -0.15) is 0 Å². The van der Waals surface area contributed by atoms with Crippen LogP contribution < -0.4 is 9.47 Å². The molecule has 0 radical (unpaired) electrons. The van der Waals surface area contributed by atoms with Crippen LogP contribution in [0.5, 0.6) is 0 Å². The number of hydrogen-bond donors (Lipinski definition) is 0. The molecule has 0 saturated heterocycles. The molecule has 0 unspecified atom stereocenters. The molecule has 0 aliphatic rings. The van der Waals surface area contributed by atoms with Crippen LogP contribution in [0.3, 0.4) is 0 Å². The van der Waals surface area contributed by atoms with Gasteiger partial charge in [0.05, 0.1) is 7.11 Å². The van der Waals surface area contributed by atoms with Gasteiger partial charge >= 0.3 is 0 Å². The third-order valence-corrected chi connectivity index (χ3v) is 13.9. The summed E-state index contributed by atoms with van der Waals surface area (Å²) in [5, 5.41) is 0. The van der Waals surface area contributed by atoms with Crippen molar-refractivity contribution < 1.29 is 21.7 Å². The molecule has 1 heterocycles. The highest BCUT2D eigenvalue weighted by Crippen LogP contribution is 2.21. The lowest BCUT2D eigenvalue weighted by Gasteiger charge is -2.25. The summed E-state index contributed by atoms with van der Waals surface area (Å²) in [5.41, 5.74) is 3.94. The molecule has 0 aliphatic heterocycles. The Morgan fingerprint density at radius 2 is 0.652 bits per heavy atom. The maximum Gasteiger partial charge on any atom is 0.217 e. The number of aryl methyl sites for hydroxylation is 1. The van der Waals surface area contributed by atoms with Crippen LogP contribution in [-0.4, -0.2) is 33.2 Å². The average Bonchev–Trinajstić information content (AvgIpc) is 3.32. The monoisotopic (exact) mass is 939 g/mol. The molecule has 0 spiro atoms. The third kappa shape index (κ3) is 41.9. The molecule has 1 aromatic heterocycles. The largest absolute Gasteiger partial charge is 0.726 e. The molecule has 0 atom stereocenters. The van der Waals surface area contributed by atoms with Crippen LogP contribution in [0.4, 0.5) is 5.69 Å². The molecular weight excluding hydrogens is 833 g/mol. The van der Waals surface area contributed by atoms with Gasteiger partial charge in [-0.15, -0.1) is 0 Å². The number of anilines is 1. The minimum absolute atomic E-state index is 0.808. The molecule has 0 saturated carbocycles.